The van der Waals surface area contributed by atoms with Gasteiger partial charge in [-0.2, -0.15) is 11.8 Å². The molecule has 0 aliphatic carbocycles. The van der Waals surface area contributed by atoms with E-state index in [0.717, 1.165) is 17.1 Å². The van der Waals surface area contributed by atoms with Crippen molar-refractivity contribution in [3.8, 4) is 0 Å². The molecule has 2 amide bonds. The van der Waals surface area contributed by atoms with Gasteiger partial charge >= 0.3 is 0 Å². The van der Waals surface area contributed by atoms with Gasteiger partial charge in [0.05, 0.1) is 12.2 Å². The van der Waals surface area contributed by atoms with E-state index >= 15 is 0 Å². The summed E-state index contributed by atoms with van der Waals surface area (Å²) in [5, 5.41) is 2.58. The first-order chi connectivity index (χ1) is 13.5. The summed E-state index contributed by atoms with van der Waals surface area (Å²) in [5.74, 6) is 0.460. The second-order valence-electron chi connectivity index (χ2n) is 6.31. The SMILES string of the molecule is CN(CC(=O)Nc1cccc(F)c1)C(=O)CCSCc1cn2ccccc2n1. The smallest absolute Gasteiger partial charge is 0.243 e. The topological polar surface area (TPSA) is 66.7 Å². The molecule has 0 spiro atoms. The summed E-state index contributed by atoms with van der Waals surface area (Å²) in [5.41, 5.74) is 2.23. The summed E-state index contributed by atoms with van der Waals surface area (Å²) in [4.78, 5) is 30.1. The Morgan fingerprint density at radius 3 is 2.89 bits per heavy atom. The Morgan fingerprint density at radius 1 is 1.25 bits per heavy atom. The van der Waals surface area contributed by atoms with Crippen molar-refractivity contribution in [3.63, 3.8) is 0 Å². The number of likely N-dealkylation sites (N-methyl/N-ethyl adjacent to an activating group) is 1. The third kappa shape index (κ3) is 5.56. The lowest BCUT2D eigenvalue weighted by Crippen LogP contribution is -2.35. The van der Waals surface area contributed by atoms with Crippen LogP contribution in [-0.2, 0) is 15.3 Å². The number of rotatable bonds is 8. The lowest BCUT2D eigenvalue weighted by atomic mass is 10.3. The molecule has 0 fully saturated rings. The minimum atomic E-state index is -0.426. The van der Waals surface area contributed by atoms with Crippen LogP contribution in [0.4, 0.5) is 10.1 Å². The van der Waals surface area contributed by atoms with Gasteiger partial charge in [0.25, 0.3) is 0 Å². The number of anilines is 1. The van der Waals surface area contributed by atoms with E-state index < -0.39 is 5.82 Å². The number of nitrogens with zero attached hydrogens (tertiary/aromatic N) is 3. The molecule has 1 N–H and O–H groups in total. The summed E-state index contributed by atoms with van der Waals surface area (Å²) in [7, 11) is 1.58. The van der Waals surface area contributed by atoms with Gasteiger partial charge in [-0.25, -0.2) is 9.37 Å². The summed E-state index contributed by atoms with van der Waals surface area (Å²) in [6.45, 7) is -0.0769. The number of pyridine rings is 1. The standard InChI is InChI=1S/C20H21FN4O2S/c1-24(13-19(26)23-16-6-4-5-15(21)11-16)20(27)8-10-28-14-17-12-25-9-3-2-7-18(25)22-17/h2-7,9,11-12H,8,10,13-14H2,1H3,(H,23,26). The Balaban J connectivity index is 1.38. The first kappa shape index (κ1) is 19.9. The summed E-state index contributed by atoms with van der Waals surface area (Å²) < 4.78 is 15.1. The normalized spacial score (nSPS) is 10.8. The number of carbonyl (C=O) groups is 2. The number of hydrogen-bond donors (Lipinski definition) is 1. The van der Waals surface area contributed by atoms with Crippen LogP contribution in [0.5, 0.6) is 0 Å². The van der Waals surface area contributed by atoms with E-state index in [-0.39, 0.29) is 18.4 Å². The van der Waals surface area contributed by atoms with Crippen LogP contribution in [-0.4, -0.2) is 45.4 Å². The Bertz CT molecular complexity index is 943. The number of hydrogen-bond acceptors (Lipinski definition) is 4. The summed E-state index contributed by atoms with van der Waals surface area (Å²) in [6, 6.07) is 11.5. The molecule has 2 aromatic heterocycles. The summed E-state index contributed by atoms with van der Waals surface area (Å²) >= 11 is 1.62. The first-order valence-electron chi connectivity index (χ1n) is 8.81. The highest BCUT2D eigenvalue weighted by Crippen LogP contribution is 2.14. The third-order valence-corrected chi connectivity index (χ3v) is 5.03. The molecule has 0 aliphatic heterocycles. The lowest BCUT2D eigenvalue weighted by Gasteiger charge is -2.16. The zero-order valence-corrected chi connectivity index (χ0v) is 16.3. The fourth-order valence-corrected chi connectivity index (χ4v) is 3.47. The van der Waals surface area contributed by atoms with Crippen molar-refractivity contribution < 1.29 is 14.0 Å². The highest BCUT2D eigenvalue weighted by Gasteiger charge is 2.13. The van der Waals surface area contributed by atoms with E-state index in [9.17, 15) is 14.0 Å². The predicted octanol–water partition coefficient (Wildman–Crippen LogP) is 3.19. The monoisotopic (exact) mass is 400 g/mol. The van der Waals surface area contributed by atoms with Crippen LogP contribution in [0.3, 0.4) is 0 Å². The van der Waals surface area contributed by atoms with Gasteiger partial charge in [0.15, 0.2) is 0 Å². The minimum absolute atomic E-state index is 0.0769. The Hall–Kier alpha value is -2.87. The third-order valence-electron chi connectivity index (χ3n) is 4.04. The van der Waals surface area contributed by atoms with Crippen molar-refractivity contribution in [3.05, 3.63) is 66.4 Å². The fourth-order valence-electron chi connectivity index (χ4n) is 2.65. The average Bonchev–Trinajstić information content (AvgIpc) is 3.07. The molecule has 0 saturated heterocycles. The van der Waals surface area contributed by atoms with E-state index in [1.165, 1.54) is 23.1 Å². The van der Waals surface area contributed by atoms with Crippen molar-refractivity contribution in [1.82, 2.24) is 14.3 Å². The number of nitrogens with one attached hydrogen (secondary N) is 1. The molecule has 0 radical (unpaired) electrons. The largest absolute Gasteiger partial charge is 0.336 e. The number of benzene rings is 1. The van der Waals surface area contributed by atoms with Gasteiger partial charge in [0.1, 0.15) is 11.5 Å². The van der Waals surface area contributed by atoms with Gasteiger partial charge in [-0.15, -0.1) is 0 Å². The van der Waals surface area contributed by atoms with E-state index in [0.29, 0.717) is 17.9 Å². The maximum Gasteiger partial charge on any atom is 0.243 e. The molecule has 2 heterocycles. The number of thioether (sulfide) groups is 1. The maximum atomic E-state index is 13.1. The minimum Gasteiger partial charge on any atom is -0.336 e. The molecule has 6 nitrogen and oxygen atoms in total. The molecule has 3 rings (SSSR count). The molecule has 0 aliphatic rings. The number of carbonyl (C=O) groups excluding carboxylic acids is 2. The maximum absolute atomic E-state index is 13.1. The lowest BCUT2D eigenvalue weighted by molar-refractivity contribution is -0.132. The molecular weight excluding hydrogens is 379 g/mol. The number of amides is 2. The Kier molecular flexibility index (Phi) is 6.65. The molecule has 28 heavy (non-hydrogen) atoms. The van der Waals surface area contributed by atoms with E-state index in [1.54, 1.807) is 24.9 Å². The fraction of sp³-hybridized carbons (Fsp3) is 0.250. The first-order valence-corrected chi connectivity index (χ1v) is 9.96. The second kappa shape index (κ2) is 9.36. The number of fused-ring (bicyclic) bond motifs is 1. The van der Waals surface area contributed by atoms with Gasteiger partial charge in [-0.3, -0.25) is 9.59 Å². The van der Waals surface area contributed by atoms with Gasteiger partial charge in [-0.05, 0) is 30.3 Å². The quantitative estimate of drug-likeness (QED) is 0.590. The number of imidazole rings is 1. The van der Waals surface area contributed by atoms with Crippen LogP contribution >= 0.6 is 11.8 Å². The molecule has 0 bridgehead atoms. The van der Waals surface area contributed by atoms with Gasteiger partial charge in [0, 0.05) is 43.1 Å². The van der Waals surface area contributed by atoms with Crippen LogP contribution < -0.4 is 5.32 Å². The molecule has 1 aromatic carbocycles. The van der Waals surface area contributed by atoms with Gasteiger partial charge in [-0.1, -0.05) is 12.1 Å². The van der Waals surface area contributed by atoms with Crippen LogP contribution in [0.25, 0.3) is 5.65 Å². The van der Waals surface area contributed by atoms with Crippen molar-refractivity contribution in [2.75, 3.05) is 24.7 Å². The van der Waals surface area contributed by atoms with Crippen LogP contribution in [0.1, 0.15) is 12.1 Å². The number of halogens is 1. The molecule has 8 heteroatoms. The average molecular weight is 400 g/mol. The molecule has 0 atom stereocenters. The van der Waals surface area contributed by atoms with Crippen molar-refractivity contribution >= 4 is 34.9 Å². The highest BCUT2D eigenvalue weighted by atomic mass is 32.2. The molecular formula is C20H21FN4O2S. The molecule has 0 saturated carbocycles. The van der Waals surface area contributed by atoms with Crippen LogP contribution in [0.15, 0.2) is 54.9 Å². The van der Waals surface area contributed by atoms with E-state index in [4.69, 9.17) is 0 Å². The predicted molar refractivity (Wildman–Crippen MR) is 109 cm³/mol. The molecule has 0 unspecified atom stereocenters. The van der Waals surface area contributed by atoms with E-state index in [2.05, 4.69) is 10.3 Å². The van der Waals surface area contributed by atoms with Crippen molar-refractivity contribution in [2.45, 2.75) is 12.2 Å². The molecule has 146 valence electrons. The zero-order valence-electron chi connectivity index (χ0n) is 15.5. The Morgan fingerprint density at radius 2 is 2.11 bits per heavy atom. The van der Waals surface area contributed by atoms with Crippen molar-refractivity contribution in [1.29, 1.82) is 0 Å². The van der Waals surface area contributed by atoms with Gasteiger partial charge in [0.2, 0.25) is 11.8 Å². The van der Waals surface area contributed by atoms with Crippen LogP contribution in [0, 0.1) is 5.82 Å². The van der Waals surface area contributed by atoms with Crippen molar-refractivity contribution in [2.24, 2.45) is 0 Å². The van der Waals surface area contributed by atoms with Gasteiger partial charge < -0.3 is 14.6 Å². The van der Waals surface area contributed by atoms with Crippen LogP contribution in [0.2, 0.25) is 0 Å². The number of aromatic nitrogens is 2. The second-order valence-corrected chi connectivity index (χ2v) is 7.41. The Labute approximate surface area is 166 Å². The summed E-state index contributed by atoms with van der Waals surface area (Å²) in [6.07, 6.45) is 4.26. The molecule has 3 aromatic rings. The van der Waals surface area contributed by atoms with E-state index in [1.807, 2.05) is 35.0 Å². The zero-order chi connectivity index (χ0) is 19.9. The highest BCUT2D eigenvalue weighted by molar-refractivity contribution is 7.98.